The predicted octanol–water partition coefficient (Wildman–Crippen LogP) is 4.24. The van der Waals surface area contributed by atoms with Crippen molar-refractivity contribution in [2.45, 2.75) is 67.9 Å². The third-order valence-corrected chi connectivity index (χ3v) is 3.46. The lowest BCUT2D eigenvalue weighted by Crippen LogP contribution is -2.41. The van der Waals surface area contributed by atoms with Crippen molar-refractivity contribution >= 4 is 10.0 Å². The molecule has 0 aliphatic heterocycles. The number of rotatable bonds is 3. The molecule has 0 aromatic heterocycles. The summed E-state index contributed by atoms with van der Waals surface area (Å²) in [5, 5.41) is 0. The quantitative estimate of drug-likeness (QED) is 0.784. The third-order valence-electron chi connectivity index (χ3n) is 1.41. The summed E-state index contributed by atoms with van der Waals surface area (Å²) in [5.74, 6) is 0. The van der Waals surface area contributed by atoms with Crippen LogP contribution in [0.15, 0.2) is 23.1 Å². The van der Waals surface area contributed by atoms with Gasteiger partial charge in [0.25, 0.3) is 0 Å². The van der Waals surface area contributed by atoms with Gasteiger partial charge in [-0.1, -0.05) is 40.3 Å². The maximum absolute atomic E-state index is 11.8. The Balaban J connectivity index is -0.000000506. The number of nitrogens with one attached hydrogen (secondary N) is 1. The monoisotopic (exact) mass is 277 g/mol. The molecule has 3 nitrogen and oxygen atoms in total. The highest BCUT2D eigenvalue weighted by atomic mass is 32.2. The molecule has 0 fully saturated rings. The first-order valence-electron chi connectivity index (χ1n) is 6.46. The van der Waals surface area contributed by atoms with Gasteiger partial charge in [0.2, 0.25) is 10.0 Å². The Labute approximate surface area is 114 Å². The summed E-state index contributed by atoms with van der Waals surface area (Å²) >= 11 is 0. The lowest BCUT2D eigenvalue weighted by molar-refractivity contribution is 0.495. The van der Waals surface area contributed by atoms with Gasteiger partial charge in [-0.05, 0) is 40.2 Å². The van der Waals surface area contributed by atoms with Crippen molar-refractivity contribution in [1.82, 2.24) is 4.72 Å². The Hall–Kier alpha value is -0.610. The minimum absolute atomic E-state index is 0.257. The molecule has 0 aromatic rings. The van der Waals surface area contributed by atoms with E-state index in [1.54, 1.807) is 40.7 Å². The number of allylic oxidation sites excluding steroid dienone is 2. The molecule has 18 heavy (non-hydrogen) atoms. The molecule has 0 radical (unpaired) electrons. The van der Waals surface area contributed by atoms with E-state index in [1.165, 1.54) is 0 Å². The molecule has 0 spiro atoms. The summed E-state index contributed by atoms with van der Waals surface area (Å²) in [7, 11) is -3.42. The molecule has 1 N–H and O–H groups in total. The van der Waals surface area contributed by atoms with Crippen LogP contribution in [-0.4, -0.2) is 14.0 Å². The fourth-order valence-corrected chi connectivity index (χ4v) is 2.77. The van der Waals surface area contributed by atoms with Gasteiger partial charge >= 0.3 is 0 Å². The van der Waals surface area contributed by atoms with Gasteiger partial charge < -0.3 is 0 Å². The minimum atomic E-state index is -3.42. The van der Waals surface area contributed by atoms with E-state index in [1.807, 2.05) is 27.7 Å². The highest BCUT2D eigenvalue weighted by Gasteiger charge is 2.23. The van der Waals surface area contributed by atoms with Gasteiger partial charge in [0.05, 0.1) is 4.91 Å². The van der Waals surface area contributed by atoms with E-state index < -0.39 is 15.6 Å². The normalized spacial score (nSPS) is 11.7. The molecule has 0 saturated carbocycles. The molecule has 0 saturated heterocycles. The topological polar surface area (TPSA) is 46.2 Å². The molecule has 0 aromatic carbocycles. The Morgan fingerprint density at radius 1 is 1.11 bits per heavy atom. The second-order valence-corrected chi connectivity index (χ2v) is 5.94. The van der Waals surface area contributed by atoms with Crippen LogP contribution >= 0.6 is 0 Å². The van der Waals surface area contributed by atoms with Gasteiger partial charge in [-0.15, -0.1) is 0 Å². The first-order valence-corrected chi connectivity index (χ1v) is 7.94. The van der Waals surface area contributed by atoms with Crippen molar-refractivity contribution in [1.29, 1.82) is 0 Å². The number of hydrogen-bond donors (Lipinski definition) is 1. The first kappa shape index (κ1) is 22.6. The predicted molar refractivity (Wildman–Crippen MR) is 83.1 cm³/mol. The van der Waals surface area contributed by atoms with E-state index in [0.29, 0.717) is 5.57 Å². The fourth-order valence-electron chi connectivity index (χ4n) is 1.09. The van der Waals surface area contributed by atoms with Crippen LogP contribution in [0.3, 0.4) is 0 Å². The second kappa shape index (κ2) is 10.3. The van der Waals surface area contributed by atoms with Crippen molar-refractivity contribution in [2.75, 3.05) is 0 Å². The Morgan fingerprint density at radius 2 is 1.44 bits per heavy atom. The summed E-state index contributed by atoms with van der Waals surface area (Å²) in [5.41, 5.74) is 0.0759. The molecule has 110 valence electrons. The molecule has 0 aliphatic rings. The highest BCUT2D eigenvalue weighted by molar-refractivity contribution is 7.93. The van der Waals surface area contributed by atoms with E-state index in [0.717, 1.165) is 0 Å². The Kier molecular flexibility index (Phi) is 12.9. The van der Waals surface area contributed by atoms with Crippen molar-refractivity contribution in [2.24, 2.45) is 0 Å². The molecule has 0 amide bonds. The van der Waals surface area contributed by atoms with E-state index in [4.69, 9.17) is 0 Å². The van der Waals surface area contributed by atoms with Crippen LogP contribution in [0.5, 0.6) is 0 Å². The zero-order valence-electron chi connectivity index (χ0n) is 13.5. The number of hydrogen-bond acceptors (Lipinski definition) is 2. The first-order chi connectivity index (χ1) is 8.10. The summed E-state index contributed by atoms with van der Waals surface area (Å²) in [6.45, 7) is 20.4. The molecule has 0 atom stereocenters. The zero-order chi connectivity index (χ0) is 15.6. The van der Waals surface area contributed by atoms with E-state index >= 15 is 0 Å². The van der Waals surface area contributed by atoms with Crippen LogP contribution in [-0.2, 0) is 10.0 Å². The average molecular weight is 277 g/mol. The van der Waals surface area contributed by atoms with Crippen LogP contribution in [0.25, 0.3) is 0 Å². The van der Waals surface area contributed by atoms with Crippen LogP contribution in [0.4, 0.5) is 0 Å². The maximum atomic E-state index is 11.8. The van der Waals surface area contributed by atoms with Gasteiger partial charge in [-0.2, -0.15) is 0 Å². The van der Waals surface area contributed by atoms with Gasteiger partial charge in [-0.25, -0.2) is 13.1 Å². The molecule has 0 heterocycles. The van der Waals surface area contributed by atoms with Crippen molar-refractivity contribution in [3.63, 3.8) is 0 Å². The molecule has 0 bridgehead atoms. The Bertz CT molecular complexity index is 346. The van der Waals surface area contributed by atoms with Crippen LogP contribution in [0, 0.1) is 0 Å². The maximum Gasteiger partial charge on any atom is 0.240 e. The van der Waals surface area contributed by atoms with Crippen molar-refractivity contribution in [3.8, 4) is 0 Å². The standard InChI is InChI=1S/C10H19NO2S.2C2H6/c1-7-9(8(2)3)14(12,13)11-10(4,5)6;2*1-2/h7,11H,2H2,1,3-6H3;2*1-2H3/b9-7+;;. The largest absolute Gasteiger partial charge is 0.240 e. The molecular weight excluding hydrogens is 246 g/mol. The summed E-state index contributed by atoms with van der Waals surface area (Å²) in [6.07, 6.45) is 1.55. The smallest absolute Gasteiger partial charge is 0.207 e. The van der Waals surface area contributed by atoms with E-state index in [9.17, 15) is 8.42 Å². The molecule has 0 aliphatic carbocycles. The van der Waals surface area contributed by atoms with Crippen molar-refractivity contribution < 1.29 is 8.42 Å². The lowest BCUT2D eigenvalue weighted by atomic mass is 10.1. The SMILES string of the molecule is C=C(C)/C(=C\C)S(=O)(=O)NC(C)(C)C.CC.CC. The van der Waals surface area contributed by atoms with E-state index in [2.05, 4.69) is 11.3 Å². The molecule has 0 rings (SSSR count). The minimum Gasteiger partial charge on any atom is -0.207 e. The van der Waals surface area contributed by atoms with Gasteiger partial charge in [-0.3, -0.25) is 0 Å². The van der Waals surface area contributed by atoms with Crippen LogP contribution < -0.4 is 4.72 Å². The number of sulfonamides is 1. The summed E-state index contributed by atoms with van der Waals surface area (Å²) in [6, 6.07) is 0. The summed E-state index contributed by atoms with van der Waals surface area (Å²) in [4.78, 5) is 0.257. The second-order valence-electron chi connectivity index (χ2n) is 4.29. The highest BCUT2D eigenvalue weighted by Crippen LogP contribution is 2.16. The molecular formula is C14H31NO2S. The van der Waals surface area contributed by atoms with Crippen LogP contribution in [0.1, 0.15) is 62.3 Å². The van der Waals surface area contributed by atoms with E-state index in [-0.39, 0.29) is 4.91 Å². The van der Waals surface area contributed by atoms with Crippen molar-refractivity contribution in [3.05, 3.63) is 23.1 Å². The fraction of sp³-hybridized carbons (Fsp3) is 0.714. The molecule has 0 unspecified atom stereocenters. The van der Waals surface area contributed by atoms with Gasteiger partial charge in [0.15, 0.2) is 0 Å². The summed E-state index contributed by atoms with van der Waals surface area (Å²) < 4.78 is 26.1. The molecule has 4 heteroatoms. The Morgan fingerprint density at radius 3 is 1.61 bits per heavy atom. The van der Waals surface area contributed by atoms with Gasteiger partial charge in [0.1, 0.15) is 0 Å². The average Bonchev–Trinajstić information content (AvgIpc) is 2.19. The zero-order valence-corrected chi connectivity index (χ0v) is 14.3. The van der Waals surface area contributed by atoms with Crippen LogP contribution in [0.2, 0.25) is 0 Å². The lowest BCUT2D eigenvalue weighted by Gasteiger charge is -2.21. The third kappa shape index (κ3) is 10.5. The van der Waals surface area contributed by atoms with Gasteiger partial charge in [0, 0.05) is 5.54 Å².